The first-order valence-corrected chi connectivity index (χ1v) is 12.2. The van der Waals surface area contributed by atoms with E-state index in [4.69, 9.17) is 0 Å². The first-order chi connectivity index (χ1) is 13.9. The fourth-order valence-corrected chi connectivity index (χ4v) is 4.78. The summed E-state index contributed by atoms with van der Waals surface area (Å²) in [6.45, 7) is 2.23. The van der Waals surface area contributed by atoms with Crippen LogP contribution in [0.1, 0.15) is 76.7 Å². The predicted octanol–water partition coefficient (Wildman–Crippen LogP) is 7.26. The SMILES string of the molecule is CCCCCCCCCCCCc1ccc(S(=O)(=O)c2ccc(F)cc2F)cc1. The second-order valence-corrected chi connectivity index (χ2v) is 9.57. The van der Waals surface area contributed by atoms with Gasteiger partial charge in [0, 0.05) is 6.07 Å². The molecular formula is C24H32F2O2S. The molecule has 0 aliphatic rings. The van der Waals surface area contributed by atoms with Crippen LogP contribution >= 0.6 is 0 Å². The minimum atomic E-state index is -3.99. The summed E-state index contributed by atoms with van der Waals surface area (Å²) in [5.74, 6) is -1.87. The van der Waals surface area contributed by atoms with Gasteiger partial charge in [0.1, 0.15) is 16.5 Å². The summed E-state index contributed by atoms with van der Waals surface area (Å²) in [6, 6.07) is 9.08. The van der Waals surface area contributed by atoms with E-state index >= 15 is 0 Å². The van der Waals surface area contributed by atoms with Gasteiger partial charge < -0.3 is 0 Å². The van der Waals surface area contributed by atoms with Crippen LogP contribution in [-0.2, 0) is 16.3 Å². The van der Waals surface area contributed by atoms with Crippen LogP contribution in [0.15, 0.2) is 52.3 Å². The van der Waals surface area contributed by atoms with Crippen LogP contribution in [0.25, 0.3) is 0 Å². The fourth-order valence-electron chi connectivity index (χ4n) is 3.47. The third-order valence-corrected chi connectivity index (χ3v) is 7.04. The number of halogens is 2. The van der Waals surface area contributed by atoms with E-state index in [1.807, 2.05) is 0 Å². The van der Waals surface area contributed by atoms with Gasteiger partial charge in [0.05, 0.1) is 4.90 Å². The van der Waals surface area contributed by atoms with E-state index in [-0.39, 0.29) is 4.90 Å². The molecule has 0 N–H and O–H groups in total. The highest BCUT2D eigenvalue weighted by atomic mass is 32.2. The molecule has 29 heavy (non-hydrogen) atoms. The summed E-state index contributed by atoms with van der Waals surface area (Å²) in [5.41, 5.74) is 1.07. The molecular weight excluding hydrogens is 390 g/mol. The Bertz CT molecular complexity index is 846. The summed E-state index contributed by atoms with van der Waals surface area (Å²) in [5, 5.41) is 0. The number of hydrogen-bond donors (Lipinski definition) is 0. The van der Waals surface area contributed by atoms with Crippen LogP contribution in [0.3, 0.4) is 0 Å². The van der Waals surface area contributed by atoms with E-state index in [1.54, 1.807) is 12.1 Å². The molecule has 0 unspecified atom stereocenters. The van der Waals surface area contributed by atoms with Gasteiger partial charge in [-0.1, -0.05) is 76.8 Å². The molecule has 0 heterocycles. The summed E-state index contributed by atoms with van der Waals surface area (Å²) < 4.78 is 52.0. The van der Waals surface area contributed by atoms with Gasteiger partial charge in [0.2, 0.25) is 9.84 Å². The Morgan fingerprint density at radius 2 is 1.28 bits per heavy atom. The number of sulfone groups is 1. The molecule has 2 aromatic carbocycles. The van der Waals surface area contributed by atoms with E-state index in [0.29, 0.717) is 6.07 Å². The van der Waals surface area contributed by atoms with Crippen molar-refractivity contribution in [2.75, 3.05) is 0 Å². The lowest BCUT2D eigenvalue weighted by atomic mass is 10.0. The number of benzene rings is 2. The second-order valence-electron chi connectivity index (χ2n) is 7.65. The molecule has 0 aliphatic heterocycles. The minimum Gasteiger partial charge on any atom is -0.218 e. The largest absolute Gasteiger partial charge is 0.218 e. The van der Waals surface area contributed by atoms with Gasteiger partial charge in [-0.25, -0.2) is 17.2 Å². The average Bonchev–Trinajstić information content (AvgIpc) is 2.69. The zero-order chi connectivity index (χ0) is 21.1. The third kappa shape index (κ3) is 7.54. The summed E-state index contributed by atoms with van der Waals surface area (Å²) in [4.78, 5) is -0.476. The molecule has 160 valence electrons. The van der Waals surface area contributed by atoms with Gasteiger partial charge in [-0.3, -0.25) is 0 Å². The highest BCUT2D eigenvalue weighted by Crippen LogP contribution is 2.24. The lowest BCUT2D eigenvalue weighted by Gasteiger charge is -2.07. The Balaban J connectivity index is 1.76. The fraction of sp³-hybridized carbons (Fsp3) is 0.500. The second kappa shape index (κ2) is 12.1. The quantitative estimate of drug-likeness (QED) is 0.251. The summed E-state index contributed by atoms with van der Waals surface area (Å²) >= 11 is 0. The molecule has 0 fully saturated rings. The normalized spacial score (nSPS) is 11.7. The number of aryl methyl sites for hydroxylation is 1. The summed E-state index contributed by atoms with van der Waals surface area (Å²) in [7, 11) is -3.99. The van der Waals surface area contributed by atoms with Crippen molar-refractivity contribution in [1.29, 1.82) is 0 Å². The Hall–Kier alpha value is -1.75. The minimum absolute atomic E-state index is 0.0230. The van der Waals surface area contributed by atoms with Gasteiger partial charge in [-0.2, -0.15) is 0 Å². The van der Waals surface area contributed by atoms with Crippen molar-refractivity contribution in [3.8, 4) is 0 Å². The van der Waals surface area contributed by atoms with Crippen LogP contribution in [0.2, 0.25) is 0 Å². The van der Waals surface area contributed by atoms with E-state index < -0.39 is 26.4 Å². The first kappa shape index (κ1) is 23.5. The van der Waals surface area contributed by atoms with E-state index in [1.165, 1.54) is 69.9 Å². The Labute approximate surface area is 174 Å². The van der Waals surface area contributed by atoms with E-state index in [2.05, 4.69) is 6.92 Å². The Morgan fingerprint density at radius 3 is 1.83 bits per heavy atom. The molecule has 0 aliphatic carbocycles. The monoisotopic (exact) mass is 422 g/mol. The van der Waals surface area contributed by atoms with Crippen molar-refractivity contribution >= 4 is 9.84 Å². The maximum absolute atomic E-state index is 13.9. The van der Waals surface area contributed by atoms with Crippen LogP contribution in [-0.4, -0.2) is 8.42 Å². The van der Waals surface area contributed by atoms with Crippen molar-refractivity contribution in [3.63, 3.8) is 0 Å². The molecule has 0 bridgehead atoms. The van der Waals surface area contributed by atoms with Crippen LogP contribution in [0.4, 0.5) is 8.78 Å². The lowest BCUT2D eigenvalue weighted by molar-refractivity contribution is 0.549. The Morgan fingerprint density at radius 1 is 0.724 bits per heavy atom. The molecule has 0 atom stereocenters. The van der Waals surface area contributed by atoms with Crippen LogP contribution < -0.4 is 0 Å². The molecule has 0 saturated heterocycles. The first-order valence-electron chi connectivity index (χ1n) is 10.7. The molecule has 2 aromatic rings. The smallest absolute Gasteiger partial charge is 0.209 e. The maximum atomic E-state index is 13.9. The maximum Gasteiger partial charge on any atom is 0.209 e. The van der Waals surface area contributed by atoms with Crippen molar-refractivity contribution < 1.29 is 17.2 Å². The Kier molecular flexibility index (Phi) is 9.79. The third-order valence-electron chi connectivity index (χ3n) is 5.24. The van der Waals surface area contributed by atoms with Crippen molar-refractivity contribution in [3.05, 3.63) is 59.7 Å². The molecule has 0 spiro atoms. The summed E-state index contributed by atoms with van der Waals surface area (Å²) in [6.07, 6.45) is 13.7. The van der Waals surface area contributed by atoms with Gasteiger partial charge in [-0.05, 0) is 42.7 Å². The molecule has 5 heteroatoms. The zero-order valence-electron chi connectivity index (χ0n) is 17.3. The van der Waals surface area contributed by atoms with E-state index in [0.717, 1.165) is 30.5 Å². The highest BCUT2D eigenvalue weighted by Gasteiger charge is 2.22. The predicted molar refractivity (Wildman–Crippen MR) is 114 cm³/mol. The zero-order valence-corrected chi connectivity index (χ0v) is 18.1. The molecule has 0 saturated carbocycles. The van der Waals surface area contributed by atoms with E-state index in [9.17, 15) is 17.2 Å². The number of rotatable bonds is 13. The van der Waals surface area contributed by atoms with Gasteiger partial charge >= 0.3 is 0 Å². The van der Waals surface area contributed by atoms with Crippen molar-refractivity contribution in [1.82, 2.24) is 0 Å². The van der Waals surface area contributed by atoms with Gasteiger partial charge in [0.15, 0.2) is 0 Å². The molecule has 0 radical (unpaired) electrons. The van der Waals surface area contributed by atoms with Gasteiger partial charge in [-0.15, -0.1) is 0 Å². The molecule has 2 nitrogen and oxygen atoms in total. The van der Waals surface area contributed by atoms with Crippen LogP contribution in [0.5, 0.6) is 0 Å². The average molecular weight is 423 g/mol. The molecule has 0 aromatic heterocycles. The molecule has 2 rings (SSSR count). The topological polar surface area (TPSA) is 34.1 Å². The molecule has 0 amide bonds. The van der Waals surface area contributed by atoms with Crippen molar-refractivity contribution in [2.24, 2.45) is 0 Å². The highest BCUT2D eigenvalue weighted by molar-refractivity contribution is 7.91. The van der Waals surface area contributed by atoms with Crippen molar-refractivity contribution in [2.45, 2.75) is 87.3 Å². The van der Waals surface area contributed by atoms with Crippen LogP contribution in [0, 0.1) is 11.6 Å². The standard InChI is InChI=1S/C24H32F2O2S/c1-2-3-4-5-6-7-8-9-10-11-12-20-13-16-22(17-14-20)29(27,28)24-18-15-21(25)19-23(24)26/h13-19H,2-12H2,1H3. The lowest BCUT2D eigenvalue weighted by Crippen LogP contribution is -2.05. The number of hydrogen-bond acceptors (Lipinski definition) is 2. The number of unbranched alkanes of at least 4 members (excludes halogenated alkanes) is 9. The van der Waals surface area contributed by atoms with Gasteiger partial charge in [0.25, 0.3) is 0 Å².